The van der Waals surface area contributed by atoms with E-state index >= 15 is 0 Å². The molecule has 0 N–H and O–H groups in total. The highest BCUT2D eigenvalue weighted by Gasteiger charge is 2.54. The van der Waals surface area contributed by atoms with E-state index in [0.29, 0.717) is 0 Å². The highest BCUT2D eigenvalue weighted by molar-refractivity contribution is 5.87. The van der Waals surface area contributed by atoms with Gasteiger partial charge in [-0.25, -0.2) is 0 Å². The van der Waals surface area contributed by atoms with Crippen LogP contribution in [0.4, 0.5) is 0 Å². The van der Waals surface area contributed by atoms with Crippen molar-refractivity contribution in [1.29, 1.82) is 0 Å². The molecule has 0 saturated heterocycles. The molecule has 1 aliphatic rings. The SMILES string of the molecule is COC(=O)C1(c2cc(C)cc(C)c2OC)CC1. The van der Waals surface area contributed by atoms with Crippen molar-refractivity contribution in [3.8, 4) is 5.75 Å². The fourth-order valence-electron chi connectivity index (χ4n) is 2.48. The van der Waals surface area contributed by atoms with Crippen molar-refractivity contribution < 1.29 is 14.3 Å². The van der Waals surface area contributed by atoms with Crippen LogP contribution in [0.2, 0.25) is 0 Å². The molecule has 1 aromatic rings. The predicted molar refractivity (Wildman–Crippen MR) is 65.4 cm³/mol. The molecule has 2 rings (SSSR count). The van der Waals surface area contributed by atoms with Crippen molar-refractivity contribution in [2.45, 2.75) is 32.1 Å². The third-order valence-electron chi connectivity index (χ3n) is 3.46. The van der Waals surface area contributed by atoms with E-state index in [-0.39, 0.29) is 5.97 Å². The summed E-state index contributed by atoms with van der Waals surface area (Å²) in [6.07, 6.45) is 1.69. The minimum Gasteiger partial charge on any atom is -0.496 e. The maximum atomic E-state index is 11.9. The molecular weight excluding hydrogens is 216 g/mol. The number of esters is 1. The summed E-state index contributed by atoms with van der Waals surface area (Å²) in [4.78, 5) is 11.9. The zero-order chi connectivity index (χ0) is 12.6. The van der Waals surface area contributed by atoms with E-state index in [1.165, 1.54) is 7.11 Å². The number of aryl methyl sites for hydroxylation is 2. The Morgan fingerprint density at radius 2 is 1.88 bits per heavy atom. The number of carbonyl (C=O) groups excluding carboxylic acids is 1. The molecule has 3 heteroatoms. The summed E-state index contributed by atoms with van der Waals surface area (Å²) < 4.78 is 10.4. The Labute approximate surface area is 102 Å². The first kappa shape index (κ1) is 12.0. The summed E-state index contributed by atoms with van der Waals surface area (Å²) in [5.74, 6) is 0.666. The van der Waals surface area contributed by atoms with Gasteiger partial charge in [0.25, 0.3) is 0 Å². The van der Waals surface area contributed by atoms with Crippen LogP contribution >= 0.6 is 0 Å². The summed E-state index contributed by atoms with van der Waals surface area (Å²) in [7, 11) is 3.09. The van der Waals surface area contributed by atoms with E-state index in [0.717, 1.165) is 35.3 Å². The molecule has 0 spiro atoms. The third kappa shape index (κ3) is 1.79. The van der Waals surface area contributed by atoms with Crippen molar-refractivity contribution in [2.75, 3.05) is 14.2 Å². The van der Waals surface area contributed by atoms with Crippen LogP contribution in [-0.4, -0.2) is 20.2 Å². The molecule has 1 aromatic carbocycles. The van der Waals surface area contributed by atoms with Crippen LogP contribution in [0, 0.1) is 13.8 Å². The lowest BCUT2D eigenvalue weighted by Crippen LogP contribution is -2.23. The first-order valence-corrected chi connectivity index (χ1v) is 5.79. The zero-order valence-corrected chi connectivity index (χ0v) is 10.8. The standard InChI is InChI=1S/C14H18O3/c1-9-7-10(2)12(16-3)11(8-9)14(5-6-14)13(15)17-4/h7-8H,5-6H2,1-4H3. The van der Waals surface area contributed by atoms with E-state index in [1.54, 1.807) is 7.11 Å². The van der Waals surface area contributed by atoms with E-state index < -0.39 is 5.41 Å². The molecule has 0 aromatic heterocycles. The van der Waals surface area contributed by atoms with Gasteiger partial charge in [0.05, 0.1) is 19.6 Å². The van der Waals surface area contributed by atoms with Gasteiger partial charge in [-0.2, -0.15) is 0 Å². The number of benzene rings is 1. The minimum absolute atomic E-state index is 0.152. The Bertz CT molecular complexity index is 459. The molecule has 0 aliphatic heterocycles. The molecule has 0 amide bonds. The predicted octanol–water partition coefficient (Wildman–Crippen LogP) is 2.52. The van der Waals surface area contributed by atoms with Gasteiger partial charge in [-0.15, -0.1) is 0 Å². The smallest absolute Gasteiger partial charge is 0.316 e. The number of hydrogen-bond donors (Lipinski definition) is 0. The summed E-state index contributed by atoms with van der Waals surface area (Å²) in [5, 5.41) is 0. The fourth-order valence-corrected chi connectivity index (χ4v) is 2.48. The molecule has 1 aliphatic carbocycles. The normalized spacial score (nSPS) is 16.5. The fraction of sp³-hybridized carbons (Fsp3) is 0.500. The van der Waals surface area contributed by atoms with E-state index in [4.69, 9.17) is 9.47 Å². The average Bonchev–Trinajstić information content (AvgIpc) is 3.08. The second kappa shape index (κ2) is 4.06. The molecule has 0 heterocycles. The molecule has 1 saturated carbocycles. The Balaban J connectivity index is 2.55. The van der Waals surface area contributed by atoms with Gasteiger partial charge in [0, 0.05) is 5.56 Å². The second-order valence-electron chi connectivity index (χ2n) is 4.74. The third-order valence-corrected chi connectivity index (χ3v) is 3.46. The Hall–Kier alpha value is -1.51. The Kier molecular flexibility index (Phi) is 2.86. The monoisotopic (exact) mass is 234 g/mol. The van der Waals surface area contributed by atoms with Gasteiger partial charge in [-0.05, 0) is 32.3 Å². The summed E-state index contributed by atoms with van der Waals surface area (Å²) >= 11 is 0. The summed E-state index contributed by atoms with van der Waals surface area (Å²) in [6.45, 7) is 4.03. The van der Waals surface area contributed by atoms with Crippen LogP contribution < -0.4 is 4.74 Å². The first-order valence-electron chi connectivity index (χ1n) is 5.79. The van der Waals surface area contributed by atoms with Gasteiger partial charge in [-0.1, -0.05) is 17.7 Å². The summed E-state index contributed by atoms with van der Waals surface area (Å²) in [5.41, 5.74) is 2.73. The van der Waals surface area contributed by atoms with Gasteiger partial charge >= 0.3 is 5.97 Å². The van der Waals surface area contributed by atoms with E-state index in [1.807, 2.05) is 19.9 Å². The molecule has 3 nitrogen and oxygen atoms in total. The zero-order valence-electron chi connectivity index (χ0n) is 10.8. The molecule has 92 valence electrons. The molecule has 0 bridgehead atoms. The van der Waals surface area contributed by atoms with Crippen molar-refractivity contribution in [1.82, 2.24) is 0 Å². The van der Waals surface area contributed by atoms with Crippen LogP contribution in [0.15, 0.2) is 12.1 Å². The highest BCUT2D eigenvalue weighted by Crippen LogP contribution is 2.53. The van der Waals surface area contributed by atoms with Gasteiger partial charge < -0.3 is 9.47 Å². The van der Waals surface area contributed by atoms with Crippen molar-refractivity contribution >= 4 is 5.97 Å². The number of hydrogen-bond acceptors (Lipinski definition) is 3. The van der Waals surface area contributed by atoms with E-state index in [2.05, 4.69) is 6.07 Å². The van der Waals surface area contributed by atoms with Gasteiger partial charge in [-0.3, -0.25) is 4.79 Å². The summed E-state index contributed by atoms with van der Waals surface area (Å²) in [6, 6.07) is 4.10. The molecule has 1 fully saturated rings. The topological polar surface area (TPSA) is 35.5 Å². The van der Waals surface area contributed by atoms with E-state index in [9.17, 15) is 4.79 Å². The van der Waals surface area contributed by atoms with Crippen molar-refractivity contribution in [3.63, 3.8) is 0 Å². The molecular formula is C14H18O3. The van der Waals surface area contributed by atoms with Crippen LogP contribution in [0.1, 0.15) is 29.5 Å². The van der Waals surface area contributed by atoms with Crippen molar-refractivity contribution in [2.24, 2.45) is 0 Å². The minimum atomic E-state index is -0.461. The van der Waals surface area contributed by atoms with Crippen LogP contribution in [-0.2, 0) is 14.9 Å². The second-order valence-corrected chi connectivity index (χ2v) is 4.74. The molecule has 0 radical (unpaired) electrons. The number of methoxy groups -OCH3 is 2. The van der Waals surface area contributed by atoms with Gasteiger partial charge in [0.1, 0.15) is 5.75 Å². The number of rotatable bonds is 3. The van der Waals surface area contributed by atoms with Gasteiger partial charge in [0.15, 0.2) is 0 Å². The molecule has 0 unspecified atom stereocenters. The average molecular weight is 234 g/mol. The number of carbonyl (C=O) groups is 1. The number of ether oxygens (including phenoxy) is 2. The quantitative estimate of drug-likeness (QED) is 0.754. The first-order chi connectivity index (χ1) is 8.05. The lowest BCUT2D eigenvalue weighted by Gasteiger charge is -2.19. The van der Waals surface area contributed by atoms with Crippen LogP contribution in [0.5, 0.6) is 5.75 Å². The Morgan fingerprint density at radius 3 is 2.35 bits per heavy atom. The lowest BCUT2D eigenvalue weighted by atomic mass is 9.91. The largest absolute Gasteiger partial charge is 0.496 e. The lowest BCUT2D eigenvalue weighted by molar-refractivity contribution is -0.143. The van der Waals surface area contributed by atoms with Crippen LogP contribution in [0.3, 0.4) is 0 Å². The molecule has 17 heavy (non-hydrogen) atoms. The Morgan fingerprint density at radius 1 is 1.24 bits per heavy atom. The maximum absolute atomic E-state index is 11.9. The van der Waals surface area contributed by atoms with Gasteiger partial charge in [0.2, 0.25) is 0 Å². The maximum Gasteiger partial charge on any atom is 0.316 e. The highest BCUT2D eigenvalue weighted by atomic mass is 16.5. The molecule has 0 atom stereocenters. The van der Waals surface area contributed by atoms with Crippen molar-refractivity contribution in [3.05, 3.63) is 28.8 Å². The van der Waals surface area contributed by atoms with Crippen LogP contribution in [0.25, 0.3) is 0 Å².